The van der Waals surface area contributed by atoms with Crippen LogP contribution in [0.1, 0.15) is 11.1 Å². The number of aryl methyl sites for hydroxylation is 1. The van der Waals surface area contributed by atoms with Gasteiger partial charge in [-0.25, -0.2) is 17.8 Å². The third kappa shape index (κ3) is 4.17. The zero-order valence-corrected chi connectivity index (χ0v) is 17.8. The monoisotopic (exact) mass is 484 g/mol. The molecule has 2 aromatic carbocycles. The summed E-state index contributed by atoms with van der Waals surface area (Å²) in [6.07, 6.45) is -3.78. The minimum absolute atomic E-state index is 0.0371. The van der Waals surface area contributed by atoms with E-state index in [1.807, 2.05) is 4.72 Å². The highest BCUT2D eigenvalue weighted by molar-refractivity contribution is 7.94. The van der Waals surface area contributed by atoms with Crippen molar-refractivity contribution in [1.82, 2.24) is 4.98 Å². The number of halogens is 5. The third-order valence-electron chi connectivity index (χ3n) is 4.73. The molecule has 0 aliphatic rings. The highest BCUT2D eigenvalue weighted by Gasteiger charge is 2.35. The first-order chi connectivity index (χ1) is 15.0. The van der Waals surface area contributed by atoms with Gasteiger partial charge in [0.15, 0.2) is 0 Å². The van der Waals surface area contributed by atoms with Crippen LogP contribution in [0.2, 0.25) is 0 Å². The van der Waals surface area contributed by atoms with Crippen LogP contribution in [-0.4, -0.2) is 13.4 Å². The molecule has 0 atom stereocenters. The number of pyridine rings is 1. The maximum atomic E-state index is 13.7. The van der Waals surface area contributed by atoms with Crippen LogP contribution in [-0.2, 0) is 16.2 Å². The van der Waals surface area contributed by atoms with Crippen LogP contribution in [0.5, 0.6) is 0 Å². The van der Waals surface area contributed by atoms with Gasteiger partial charge in [-0.1, -0.05) is 6.07 Å². The fraction of sp³-hybridized carbons (Fsp3) is 0.0952. The standard InChI is InChI=1S/C21H13F5N2O2S2/c1-11-15-10-14(22)3-5-18(15)31-20(11)32(29,30)28-17-4-2-12(8-16(17)21(24,25)26)13-6-7-27-19(23)9-13/h2-10,28H,1H3. The SMILES string of the molecule is Cc1c(S(=O)(=O)Nc2ccc(-c3ccnc(F)c3)cc2C(F)(F)F)sc2ccc(F)cc12. The van der Waals surface area contributed by atoms with E-state index in [9.17, 15) is 30.4 Å². The van der Waals surface area contributed by atoms with Gasteiger partial charge >= 0.3 is 6.18 Å². The van der Waals surface area contributed by atoms with Gasteiger partial charge in [-0.05, 0) is 65.4 Å². The van der Waals surface area contributed by atoms with Crippen LogP contribution >= 0.6 is 11.3 Å². The van der Waals surface area contributed by atoms with Gasteiger partial charge in [-0.15, -0.1) is 11.3 Å². The lowest BCUT2D eigenvalue weighted by atomic mass is 10.0. The van der Waals surface area contributed by atoms with Crippen molar-refractivity contribution in [2.24, 2.45) is 0 Å². The maximum absolute atomic E-state index is 13.7. The highest BCUT2D eigenvalue weighted by atomic mass is 32.2. The number of alkyl halides is 3. The molecule has 2 heterocycles. The Balaban J connectivity index is 1.79. The second-order valence-corrected chi connectivity index (χ2v) is 9.82. The summed E-state index contributed by atoms with van der Waals surface area (Å²) in [5.74, 6) is -1.42. The molecule has 2 aromatic heterocycles. The molecule has 0 fully saturated rings. The molecule has 4 aromatic rings. The number of fused-ring (bicyclic) bond motifs is 1. The molecule has 0 radical (unpaired) electrons. The number of aromatic nitrogens is 1. The van der Waals surface area contributed by atoms with Crippen molar-refractivity contribution in [3.8, 4) is 11.1 Å². The van der Waals surface area contributed by atoms with Gasteiger partial charge in [0.2, 0.25) is 5.95 Å². The molecule has 11 heteroatoms. The Morgan fingerprint density at radius 3 is 2.38 bits per heavy atom. The normalized spacial score (nSPS) is 12.3. The molecule has 0 aliphatic carbocycles. The number of rotatable bonds is 4. The predicted octanol–water partition coefficient (Wildman–Crippen LogP) is 6.37. The lowest BCUT2D eigenvalue weighted by Crippen LogP contribution is -2.17. The Morgan fingerprint density at radius 2 is 1.69 bits per heavy atom. The smallest absolute Gasteiger partial charge is 0.278 e. The van der Waals surface area contributed by atoms with Crippen molar-refractivity contribution >= 4 is 37.1 Å². The molecular formula is C21H13F5N2O2S2. The summed E-state index contributed by atoms with van der Waals surface area (Å²) in [6.45, 7) is 1.46. The highest BCUT2D eigenvalue weighted by Crippen LogP contribution is 2.40. The summed E-state index contributed by atoms with van der Waals surface area (Å²) in [4.78, 5) is 3.36. The van der Waals surface area contributed by atoms with Gasteiger partial charge in [0, 0.05) is 17.0 Å². The van der Waals surface area contributed by atoms with E-state index in [0.717, 1.165) is 35.7 Å². The van der Waals surface area contributed by atoms with Crippen LogP contribution in [0.4, 0.5) is 27.6 Å². The number of nitrogens with zero attached hydrogens (tertiary/aromatic N) is 1. The third-order valence-corrected chi connectivity index (χ3v) is 7.99. The Hall–Kier alpha value is -3.05. The van der Waals surface area contributed by atoms with E-state index in [0.29, 0.717) is 10.1 Å². The first-order valence-electron chi connectivity index (χ1n) is 9.00. The molecule has 1 N–H and O–H groups in total. The van der Waals surface area contributed by atoms with Crippen molar-refractivity contribution in [1.29, 1.82) is 0 Å². The Labute approximate surface area is 183 Å². The maximum Gasteiger partial charge on any atom is 0.418 e. The van der Waals surface area contributed by atoms with Crippen molar-refractivity contribution in [3.05, 3.63) is 77.6 Å². The Kier molecular flexibility index (Phi) is 5.41. The van der Waals surface area contributed by atoms with Gasteiger partial charge in [-0.3, -0.25) is 4.72 Å². The molecule has 0 amide bonds. The quantitative estimate of drug-likeness (QED) is 0.271. The molecule has 0 unspecified atom stereocenters. The van der Waals surface area contributed by atoms with Gasteiger partial charge in [0.25, 0.3) is 10.0 Å². The predicted molar refractivity (Wildman–Crippen MR) is 112 cm³/mol. The van der Waals surface area contributed by atoms with Crippen LogP contribution in [0.3, 0.4) is 0 Å². The molecule has 0 saturated heterocycles. The first-order valence-corrected chi connectivity index (χ1v) is 11.3. The average Bonchev–Trinajstić information content (AvgIpc) is 3.04. The van der Waals surface area contributed by atoms with Crippen LogP contribution in [0, 0.1) is 18.7 Å². The Bertz CT molecular complexity index is 1450. The number of hydrogen-bond acceptors (Lipinski definition) is 4. The number of hydrogen-bond donors (Lipinski definition) is 1. The summed E-state index contributed by atoms with van der Waals surface area (Å²) >= 11 is 0.827. The van der Waals surface area contributed by atoms with Gasteiger partial charge in [-0.2, -0.15) is 17.6 Å². The van der Waals surface area contributed by atoms with Crippen LogP contribution in [0.25, 0.3) is 21.2 Å². The van der Waals surface area contributed by atoms with E-state index in [1.54, 1.807) is 0 Å². The summed E-state index contributed by atoms with van der Waals surface area (Å²) < 4.78 is 96.3. The molecule has 0 saturated carbocycles. The number of sulfonamides is 1. The van der Waals surface area contributed by atoms with Gasteiger partial charge in [0.1, 0.15) is 10.0 Å². The van der Waals surface area contributed by atoms with Crippen LogP contribution in [0.15, 0.2) is 58.9 Å². The number of thiophene rings is 1. The van der Waals surface area contributed by atoms with E-state index < -0.39 is 39.2 Å². The summed E-state index contributed by atoms with van der Waals surface area (Å²) in [6, 6.07) is 9.01. The lowest BCUT2D eigenvalue weighted by molar-refractivity contribution is -0.136. The zero-order valence-electron chi connectivity index (χ0n) is 16.2. The van der Waals surface area contributed by atoms with Crippen molar-refractivity contribution in [2.45, 2.75) is 17.3 Å². The van der Waals surface area contributed by atoms with E-state index >= 15 is 0 Å². The molecular weight excluding hydrogens is 471 g/mol. The topological polar surface area (TPSA) is 59.1 Å². The molecule has 4 nitrogen and oxygen atoms in total. The van der Waals surface area contributed by atoms with Crippen LogP contribution < -0.4 is 4.72 Å². The fourth-order valence-corrected chi connectivity index (χ4v) is 6.07. The Morgan fingerprint density at radius 1 is 0.969 bits per heavy atom. The van der Waals surface area contributed by atoms with Gasteiger partial charge in [0.05, 0.1) is 11.3 Å². The molecule has 0 spiro atoms. The number of nitrogens with one attached hydrogen (secondary N) is 1. The largest absolute Gasteiger partial charge is 0.418 e. The number of benzene rings is 2. The number of anilines is 1. The minimum Gasteiger partial charge on any atom is -0.278 e. The molecule has 166 valence electrons. The van der Waals surface area contributed by atoms with Crippen molar-refractivity contribution < 1.29 is 30.4 Å². The zero-order chi connectivity index (χ0) is 23.3. The second kappa shape index (κ2) is 7.82. The summed E-state index contributed by atoms with van der Waals surface area (Å²) in [5.41, 5.74) is -1.50. The fourth-order valence-electron chi connectivity index (χ4n) is 3.25. The summed E-state index contributed by atoms with van der Waals surface area (Å²) in [7, 11) is -4.41. The lowest BCUT2D eigenvalue weighted by Gasteiger charge is -2.16. The molecule has 32 heavy (non-hydrogen) atoms. The summed E-state index contributed by atoms with van der Waals surface area (Å²) in [5, 5.41) is 0.362. The van der Waals surface area contributed by atoms with Crippen molar-refractivity contribution in [2.75, 3.05) is 4.72 Å². The van der Waals surface area contributed by atoms with Gasteiger partial charge < -0.3 is 0 Å². The van der Waals surface area contributed by atoms with E-state index in [-0.39, 0.29) is 20.9 Å². The first kappa shape index (κ1) is 22.2. The molecule has 4 rings (SSSR count). The van der Waals surface area contributed by atoms with Crippen molar-refractivity contribution in [3.63, 3.8) is 0 Å². The average molecular weight is 484 g/mol. The van der Waals surface area contributed by atoms with E-state index in [1.165, 1.54) is 37.3 Å². The second-order valence-electron chi connectivity index (χ2n) is 6.89. The van der Waals surface area contributed by atoms with E-state index in [4.69, 9.17) is 0 Å². The molecule has 0 aliphatic heterocycles. The minimum atomic E-state index is -4.89. The van der Waals surface area contributed by atoms with E-state index in [2.05, 4.69) is 4.98 Å². The molecule has 0 bridgehead atoms.